The maximum atomic E-state index is 6.32. The van der Waals surface area contributed by atoms with Crippen LogP contribution in [0.3, 0.4) is 0 Å². The molecule has 0 saturated carbocycles. The van der Waals surface area contributed by atoms with Gasteiger partial charge in [0.25, 0.3) is 0 Å². The molecule has 106 valence electrons. The van der Waals surface area contributed by atoms with Gasteiger partial charge in [-0.15, -0.1) is 11.8 Å². The van der Waals surface area contributed by atoms with E-state index in [2.05, 4.69) is 51.2 Å². The van der Waals surface area contributed by atoms with Crippen molar-refractivity contribution >= 4 is 38.6 Å². The number of rotatable bonds is 4. The molecule has 3 aromatic rings. The highest BCUT2D eigenvalue weighted by Crippen LogP contribution is 2.30. The van der Waals surface area contributed by atoms with Crippen LogP contribution in [0.25, 0.3) is 10.9 Å². The van der Waals surface area contributed by atoms with Gasteiger partial charge in [0.2, 0.25) is 0 Å². The summed E-state index contributed by atoms with van der Waals surface area (Å²) in [5.74, 6) is 0.834. The summed E-state index contributed by atoms with van der Waals surface area (Å²) in [5, 5.41) is 1.15. The zero-order chi connectivity index (χ0) is 14.7. The van der Waals surface area contributed by atoms with Crippen LogP contribution in [0.5, 0.6) is 0 Å². The van der Waals surface area contributed by atoms with Crippen molar-refractivity contribution in [3.8, 4) is 0 Å². The molecule has 0 fully saturated rings. The lowest BCUT2D eigenvalue weighted by Crippen LogP contribution is -2.12. The quantitative estimate of drug-likeness (QED) is 0.681. The number of thioether (sulfide) groups is 1. The molecule has 0 bridgehead atoms. The maximum Gasteiger partial charge on any atom is 0.0705 e. The number of hydrogen-bond donors (Lipinski definition) is 1. The third-order valence-corrected chi connectivity index (χ3v) is 5.46. The van der Waals surface area contributed by atoms with Crippen LogP contribution >= 0.6 is 27.7 Å². The molecule has 0 aliphatic heterocycles. The van der Waals surface area contributed by atoms with Gasteiger partial charge in [0.1, 0.15) is 0 Å². The van der Waals surface area contributed by atoms with Crippen LogP contribution in [0.2, 0.25) is 0 Å². The Labute approximate surface area is 136 Å². The van der Waals surface area contributed by atoms with Crippen LogP contribution in [0.4, 0.5) is 0 Å². The number of hydrogen-bond acceptors (Lipinski definition) is 3. The van der Waals surface area contributed by atoms with Gasteiger partial charge >= 0.3 is 0 Å². The summed E-state index contributed by atoms with van der Waals surface area (Å²) in [6.07, 6.45) is 1.81. The fourth-order valence-electron chi connectivity index (χ4n) is 2.15. The predicted octanol–water partition coefficient (Wildman–Crippen LogP) is 4.79. The molecule has 2 N–H and O–H groups in total. The van der Waals surface area contributed by atoms with E-state index in [9.17, 15) is 0 Å². The molecule has 1 unspecified atom stereocenters. The van der Waals surface area contributed by atoms with Crippen LogP contribution in [0.1, 0.15) is 11.6 Å². The summed E-state index contributed by atoms with van der Waals surface area (Å²) in [6.45, 7) is 0. The Morgan fingerprint density at radius 3 is 2.81 bits per heavy atom. The minimum atomic E-state index is -0.00601. The molecule has 2 nitrogen and oxygen atoms in total. The van der Waals surface area contributed by atoms with Crippen molar-refractivity contribution in [2.75, 3.05) is 5.75 Å². The molecule has 0 saturated heterocycles. The van der Waals surface area contributed by atoms with Crippen molar-refractivity contribution in [3.63, 3.8) is 0 Å². The standard InChI is InChI=1S/C17H15BrN2S/c18-14-5-1-2-6-17(14)21-11-15(19)13-8-7-12-4-3-9-20-16(12)10-13/h1-10,15H,11,19H2. The Kier molecular flexibility index (Phi) is 4.58. The summed E-state index contributed by atoms with van der Waals surface area (Å²) in [4.78, 5) is 5.60. The number of halogens is 1. The molecule has 0 amide bonds. The van der Waals surface area contributed by atoms with Crippen molar-refractivity contribution in [1.82, 2.24) is 4.98 Å². The van der Waals surface area contributed by atoms with Gasteiger partial charge in [-0.05, 0) is 45.8 Å². The normalized spacial score (nSPS) is 12.5. The van der Waals surface area contributed by atoms with Crippen LogP contribution in [-0.4, -0.2) is 10.7 Å². The Bertz CT molecular complexity index is 760. The van der Waals surface area contributed by atoms with E-state index in [-0.39, 0.29) is 6.04 Å². The zero-order valence-corrected chi connectivity index (χ0v) is 13.8. The minimum Gasteiger partial charge on any atom is -0.323 e. The van der Waals surface area contributed by atoms with E-state index in [4.69, 9.17) is 5.73 Å². The Balaban J connectivity index is 1.75. The second-order valence-electron chi connectivity index (χ2n) is 4.80. The Hall–Kier alpha value is -1.36. The molecule has 1 atom stereocenters. The highest BCUT2D eigenvalue weighted by molar-refractivity contribution is 9.10. The second-order valence-corrected chi connectivity index (χ2v) is 6.72. The molecule has 0 aliphatic carbocycles. The predicted molar refractivity (Wildman–Crippen MR) is 93.5 cm³/mol. The fraction of sp³-hybridized carbons (Fsp3) is 0.118. The second kappa shape index (κ2) is 6.60. The summed E-state index contributed by atoms with van der Waals surface area (Å²) < 4.78 is 1.11. The molecule has 0 radical (unpaired) electrons. The van der Waals surface area contributed by atoms with Gasteiger partial charge in [0.05, 0.1) is 5.52 Å². The van der Waals surface area contributed by atoms with E-state index in [1.165, 1.54) is 4.90 Å². The summed E-state index contributed by atoms with van der Waals surface area (Å²) >= 11 is 5.33. The van der Waals surface area contributed by atoms with Crippen LogP contribution in [-0.2, 0) is 0 Å². The molecule has 21 heavy (non-hydrogen) atoms. The highest BCUT2D eigenvalue weighted by atomic mass is 79.9. The van der Waals surface area contributed by atoms with E-state index in [0.29, 0.717) is 0 Å². The van der Waals surface area contributed by atoms with Gasteiger partial charge < -0.3 is 5.73 Å². The molecule has 2 aromatic carbocycles. The topological polar surface area (TPSA) is 38.9 Å². The summed E-state index contributed by atoms with van der Waals surface area (Å²) in [7, 11) is 0. The van der Waals surface area contributed by atoms with E-state index >= 15 is 0 Å². The van der Waals surface area contributed by atoms with Gasteiger partial charge in [0.15, 0.2) is 0 Å². The molecule has 0 spiro atoms. The first-order valence-corrected chi connectivity index (χ1v) is 8.49. The van der Waals surface area contributed by atoms with Gasteiger partial charge in [-0.1, -0.05) is 30.3 Å². The molecule has 1 aromatic heterocycles. The number of nitrogens with zero attached hydrogens (tertiary/aromatic N) is 1. The molecule has 3 rings (SSSR count). The van der Waals surface area contributed by atoms with E-state index in [1.54, 1.807) is 11.8 Å². The Morgan fingerprint density at radius 2 is 1.95 bits per heavy atom. The first kappa shape index (κ1) is 14.6. The lowest BCUT2D eigenvalue weighted by Gasteiger charge is -2.13. The molecular weight excluding hydrogens is 344 g/mol. The van der Waals surface area contributed by atoms with Crippen molar-refractivity contribution in [3.05, 3.63) is 70.8 Å². The number of benzene rings is 2. The number of nitrogens with two attached hydrogens (primary N) is 1. The van der Waals surface area contributed by atoms with Gasteiger partial charge in [0, 0.05) is 32.7 Å². The van der Waals surface area contributed by atoms with Gasteiger partial charge in [-0.3, -0.25) is 4.98 Å². The largest absolute Gasteiger partial charge is 0.323 e. The number of fused-ring (bicyclic) bond motifs is 1. The summed E-state index contributed by atoms with van der Waals surface area (Å²) in [6, 6.07) is 18.5. The number of pyridine rings is 1. The molecule has 0 aliphatic rings. The average Bonchev–Trinajstić information content (AvgIpc) is 2.53. The zero-order valence-electron chi connectivity index (χ0n) is 11.4. The lowest BCUT2D eigenvalue weighted by atomic mass is 10.1. The molecular formula is C17H15BrN2S. The summed E-state index contributed by atoms with van der Waals surface area (Å²) in [5.41, 5.74) is 8.44. The highest BCUT2D eigenvalue weighted by Gasteiger charge is 2.09. The molecule has 4 heteroatoms. The monoisotopic (exact) mass is 358 g/mol. The smallest absolute Gasteiger partial charge is 0.0705 e. The maximum absolute atomic E-state index is 6.32. The number of aromatic nitrogens is 1. The van der Waals surface area contributed by atoms with Crippen molar-refractivity contribution in [2.45, 2.75) is 10.9 Å². The van der Waals surface area contributed by atoms with Crippen molar-refractivity contribution in [1.29, 1.82) is 0 Å². The lowest BCUT2D eigenvalue weighted by molar-refractivity contribution is 0.832. The molecule has 1 heterocycles. The first-order valence-electron chi connectivity index (χ1n) is 6.71. The van der Waals surface area contributed by atoms with Crippen LogP contribution < -0.4 is 5.73 Å². The minimum absolute atomic E-state index is 0.00601. The van der Waals surface area contributed by atoms with Gasteiger partial charge in [-0.2, -0.15) is 0 Å². The van der Waals surface area contributed by atoms with E-state index < -0.39 is 0 Å². The third kappa shape index (κ3) is 3.46. The Morgan fingerprint density at radius 1 is 1.10 bits per heavy atom. The van der Waals surface area contributed by atoms with Crippen LogP contribution in [0, 0.1) is 0 Å². The van der Waals surface area contributed by atoms with E-state index in [1.807, 2.05) is 30.5 Å². The van der Waals surface area contributed by atoms with Crippen LogP contribution in [0.15, 0.2) is 70.2 Å². The average molecular weight is 359 g/mol. The SMILES string of the molecule is NC(CSc1ccccc1Br)c1ccc2cccnc2c1. The van der Waals surface area contributed by atoms with E-state index in [0.717, 1.165) is 26.7 Å². The van der Waals surface area contributed by atoms with Crippen molar-refractivity contribution < 1.29 is 0 Å². The van der Waals surface area contributed by atoms with Gasteiger partial charge in [-0.25, -0.2) is 0 Å². The van der Waals surface area contributed by atoms with Crippen molar-refractivity contribution in [2.24, 2.45) is 5.73 Å². The third-order valence-electron chi connectivity index (χ3n) is 3.31. The fourth-order valence-corrected chi connectivity index (χ4v) is 3.71. The first-order chi connectivity index (χ1) is 10.2.